The van der Waals surface area contributed by atoms with Gasteiger partial charge in [0.1, 0.15) is 11.7 Å². The maximum Gasteiger partial charge on any atom is 0.220 e. The van der Waals surface area contributed by atoms with Gasteiger partial charge < -0.3 is 32.8 Å². The van der Waals surface area contributed by atoms with Crippen LogP contribution in [0.1, 0.15) is 26.7 Å². The number of carbonyl (C=O) groups is 1. The van der Waals surface area contributed by atoms with Crippen molar-refractivity contribution in [2.45, 2.75) is 32.7 Å². The van der Waals surface area contributed by atoms with Gasteiger partial charge in [0.2, 0.25) is 5.91 Å². The van der Waals surface area contributed by atoms with E-state index >= 15 is 0 Å². The molecule has 1 atom stereocenters. The molecule has 9 heteroatoms. The van der Waals surface area contributed by atoms with Gasteiger partial charge in [-0.1, -0.05) is 13.8 Å². The minimum atomic E-state index is 0.0762. The van der Waals surface area contributed by atoms with E-state index in [9.17, 15) is 4.79 Å². The van der Waals surface area contributed by atoms with Gasteiger partial charge in [0.25, 0.3) is 0 Å². The first-order valence-electron chi connectivity index (χ1n) is 10.5. The first-order chi connectivity index (χ1) is 15.4. The van der Waals surface area contributed by atoms with E-state index in [4.69, 9.17) is 16.9 Å². The first-order valence-corrected chi connectivity index (χ1v) is 10.5. The van der Waals surface area contributed by atoms with Crippen LogP contribution in [0.25, 0.3) is 0 Å². The molecule has 0 aromatic rings. The van der Waals surface area contributed by atoms with Crippen molar-refractivity contribution in [3.8, 4) is 0 Å². The van der Waals surface area contributed by atoms with Crippen LogP contribution >= 0.6 is 0 Å². The van der Waals surface area contributed by atoms with Gasteiger partial charge in [-0.3, -0.25) is 9.79 Å². The maximum atomic E-state index is 11.3. The standard InChI is InChI=1S/C23H30N8O/c1-14(2)15(9-24)8-21(26)31-22-5-4-19-20(30-22)7-16(12-28-19)17(10-25)11-27-13-18-3-6-23(32)29-18/h4-5,7-12,14,18,24,28,30H,3,6,13,25H2,1-2H3,(H2,26,31)(H,29,32). The molecule has 3 aliphatic heterocycles. The molecular formula is C23H30N8O. The Morgan fingerprint density at radius 2 is 2.16 bits per heavy atom. The zero-order chi connectivity index (χ0) is 23.1. The van der Waals surface area contributed by atoms with Crippen molar-refractivity contribution in [1.29, 1.82) is 5.41 Å². The Hall–Kier alpha value is -3.88. The Kier molecular flexibility index (Phi) is 7.43. The lowest BCUT2D eigenvalue weighted by atomic mass is 10.0. The monoisotopic (exact) mass is 434 g/mol. The summed E-state index contributed by atoms with van der Waals surface area (Å²) in [4.78, 5) is 20.2. The highest BCUT2D eigenvalue weighted by Gasteiger charge is 2.20. The van der Waals surface area contributed by atoms with E-state index in [0.29, 0.717) is 24.6 Å². The molecule has 1 fully saturated rings. The summed E-state index contributed by atoms with van der Waals surface area (Å²) in [7, 11) is 0. The number of rotatable bonds is 8. The van der Waals surface area contributed by atoms with Crippen LogP contribution in [0.3, 0.4) is 0 Å². The number of dihydropyridines is 2. The second kappa shape index (κ2) is 10.4. The number of hydrogen-bond donors (Lipinski definition) is 6. The van der Waals surface area contributed by atoms with Crippen molar-refractivity contribution in [3.63, 3.8) is 0 Å². The number of carbonyl (C=O) groups excluding carboxylic acids is 1. The molecule has 0 aromatic heterocycles. The van der Waals surface area contributed by atoms with Crippen molar-refractivity contribution in [2.24, 2.45) is 27.4 Å². The van der Waals surface area contributed by atoms with Crippen LogP contribution in [0.5, 0.6) is 0 Å². The lowest BCUT2D eigenvalue weighted by Crippen LogP contribution is -2.28. The van der Waals surface area contributed by atoms with Crippen LogP contribution in [-0.4, -0.2) is 36.8 Å². The van der Waals surface area contributed by atoms with Crippen LogP contribution in [0.2, 0.25) is 0 Å². The van der Waals surface area contributed by atoms with E-state index in [1.807, 2.05) is 38.3 Å². The van der Waals surface area contributed by atoms with Gasteiger partial charge in [0.15, 0.2) is 0 Å². The molecule has 1 saturated heterocycles. The van der Waals surface area contributed by atoms with Gasteiger partial charge in [-0.05, 0) is 42.2 Å². The van der Waals surface area contributed by atoms with Gasteiger partial charge in [0.05, 0.1) is 17.9 Å². The number of amidine groups is 1. The maximum absolute atomic E-state index is 11.3. The molecule has 9 nitrogen and oxygen atoms in total. The molecular weight excluding hydrogens is 404 g/mol. The molecule has 0 bridgehead atoms. The molecule has 32 heavy (non-hydrogen) atoms. The van der Waals surface area contributed by atoms with Crippen molar-refractivity contribution in [1.82, 2.24) is 16.0 Å². The third-order valence-corrected chi connectivity index (χ3v) is 5.20. The number of aliphatic imine (C=N–C) groups is 2. The fraction of sp³-hybridized carbons (Fsp3) is 0.304. The fourth-order valence-electron chi connectivity index (χ4n) is 3.35. The fourth-order valence-corrected chi connectivity index (χ4v) is 3.35. The van der Waals surface area contributed by atoms with Crippen LogP contribution in [-0.2, 0) is 4.79 Å². The van der Waals surface area contributed by atoms with Crippen molar-refractivity contribution >= 4 is 24.2 Å². The normalized spacial score (nSPS) is 21.8. The lowest BCUT2D eigenvalue weighted by Gasteiger charge is -2.23. The zero-order valence-corrected chi connectivity index (χ0v) is 18.4. The van der Waals surface area contributed by atoms with E-state index in [2.05, 4.69) is 25.9 Å². The molecule has 1 amide bonds. The van der Waals surface area contributed by atoms with E-state index < -0.39 is 0 Å². The first kappa shape index (κ1) is 22.8. The topological polar surface area (TPSA) is 154 Å². The number of hydrogen-bond acceptors (Lipinski definition) is 7. The second-order valence-electron chi connectivity index (χ2n) is 7.96. The van der Waals surface area contributed by atoms with E-state index in [-0.39, 0.29) is 17.9 Å². The average Bonchev–Trinajstić information content (AvgIpc) is 3.19. The van der Waals surface area contributed by atoms with Gasteiger partial charge >= 0.3 is 0 Å². The molecule has 0 radical (unpaired) electrons. The lowest BCUT2D eigenvalue weighted by molar-refractivity contribution is -0.119. The van der Waals surface area contributed by atoms with Gasteiger partial charge in [0, 0.05) is 48.4 Å². The predicted octanol–water partition coefficient (Wildman–Crippen LogP) is 1.47. The van der Waals surface area contributed by atoms with Crippen LogP contribution in [0, 0.1) is 11.3 Å². The molecule has 168 valence electrons. The van der Waals surface area contributed by atoms with Gasteiger partial charge in [-0.2, -0.15) is 0 Å². The number of nitrogens with one attached hydrogen (secondary N) is 4. The Morgan fingerprint density at radius 3 is 2.81 bits per heavy atom. The molecule has 8 N–H and O–H groups in total. The highest BCUT2D eigenvalue weighted by Crippen LogP contribution is 2.22. The Bertz CT molecular complexity index is 1020. The van der Waals surface area contributed by atoms with Crippen LogP contribution in [0.15, 0.2) is 80.6 Å². The number of allylic oxidation sites excluding steroid dienone is 6. The van der Waals surface area contributed by atoms with Crippen LogP contribution in [0.4, 0.5) is 0 Å². The summed E-state index contributed by atoms with van der Waals surface area (Å²) in [5.74, 6) is 1.18. The summed E-state index contributed by atoms with van der Waals surface area (Å²) < 4.78 is 0. The third-order valence-electron chi connectivity index (χ3n) is 5.20. The number of amides is 1. The molecule has 0 aliphatic carbocycles. The zero-order valence-electron chi connectivity index (χ0n) is 18.4. The summed E-state index contributed by atoms with van der Waals surface area (Å²) in [6.45, 7) is 4.52. The molecule has 0 aromatic carbocycles. The largest absolute Gasteiger partial charge is 0.404 e. The highest BCUT2D eigenvalue weighted by molar-refractivity contribution is 5.97. The smallest absolute Gasteiger partial charge is 0.220 e. The van der Waals surface area contributed by atoms with E-state index in [1.54, 1.807) is 12.3 Å². The highest BCUT2D eigenvalue weighted by atomic mass is 16.1. The molecule has 3 aliphatic rings. The summed E-state index contributed by atoms with van der Waals surface area (Å²) in [5.41, 5.74) is 16.0. The number of fused-ring (bicyclic) bond motifs is 1. The Labute approximate surface area is 188 Å². The average molecular weight is 435 g/mol. The van der Waals surface area contributed by atoms with Crippen molar-refractivity contribution in [3.05, 3.63) is 70.6 Å². The van der Waals surface area contributed by atoms with E-state index in [1.165, 1.54) is 12.4 Å². The minimum absolute atomic E-state index is 0.0762. The predicted molar refractivity (Wildman–Crippen MR) is 129 cm³/mol. The minimum Gasteiger partial charge on any atom is -0.404 e. The SMILES string of the molecule is CC(C)C(C=N)=CC(N)=NC1=CC=C2NC=C(C(C=NCC3CCC(=O)N3)=CN)C=C2N1. The number of nitrogens with zero attached hydrogens (tertiary/aromatic N) is 2. The molecule has 0 spiro atoms. The Morgan fingerprint density at radius 1 is 1.34 bits per heavy atom. The summed E-state index contributed by atoms with van der Waals surface area (Å²) in [6, 6.07) is 0.0815. The number of nitrogens with two attached hydrogens (primary N) is 2. The quantitative estimate of drug-likeness (QED) is 0.252. The second-order valence-corrected chi connectivity index (χ2v) is 7.96. The Balaban J connectivity index is 1.69. The molecule has 3 rings (SSSR count). The third kappa shape index (κ3) is 5.84. The molecule has 3 heterocycles. The van der Waals surface area contributed by atoms with Crippen molar-refractivity contribution < 1.29 is 4.79 Å². The summed E-state index contributed by atoms with van der Waals surface area (Å²) >= 11 is 0. The molecule has 1 unspecified atom stereocenters. The van der Waals surface area contributed by atoms with Gasteiger partial charge in [-0.25, -0.2) is 4.99 Å². The van der Waals surface area contributed by atoms with Crippen molar-refractivity contribution in [2.75, 3.05) is 6.54 Å². The van der Waals surface area contributed by atoms with Gasteiger partial charge in [-0.15, -0.1) is 0 Å². The summed E-state index contributed by atoms with van der Waals surface area (Å²) in [6.07, 6.45) is 15.1. The van der Waals surface area contributed by atoms with E-state index in [0.717, 1.165) is 34.5 Å². The van der Waals surface area contributed by atoms with Crippen LogP contribution < -0.4 is 27.4 Å². The molecule has 0 saturated carbocycles. The summed E-state index contributed by atoms with van der Waals surface area (Å²) in [5, 5.41) is 16.9.